The van der Waals surface area contributed by atoms with Crippen LogP contribution in [0.15, 0.2) is 59.6 Å². The molecule has 2 aromatic carbocycles. The highest BCUT2D eigenvalue weighted by Gasteiger charge is 2.16. The molecule has 2 aromatic rings. The number of hydrogen-bond acceptors (Lipinski definition) is 4. The minimum atomic E-state index is -0.869. The number of hydrogen-bond donors (Lipinski definition) is 1. The van der Waals surface area contributed by atoms with E-state index in [1.165, 1.54) is 12.3 Å². The Morgan fingerprint density at radius 2 is 1.76 bits per heavy atom. The van der Waals surface area contributed by atoms with Gasteiger partial charge in [0.1, 0.15) is 0 Å². The first-order valence-electron chi connectivity index (χ1n) is 6.20. The first kappa shape index (κ1) is 14.4. The molecule has 106 valence electrons. The van der Waals surface area contributed by atoms with Gasteiger partial charge in [-0.05, 0) is 11.6 Å². The largest absolute Gasteiger partial charge is 0.368 e. The van der Waals surface area contributed by atoms with Crippen molar-refractivity contribution in [3.8, 4) is 0 Å². The molecule has 0 spiro atoms. The lowest BCUT2D eigenvalue weighted by Gasteiger charge is -2.08. The summed E-state index contributed by atoms with van der Waals surface area (Å²) in [6.07, 6.45) is 1.31. The van der Waals surface area contributed by atoms with Crippen LogP contribution >= 0.6 is 0 Å². The van der Waals surface area contributed by atoms with Crippen LogP contribution in [-0.4, -0.2) is 17.0 Å². The third-order valence-electron chi connectivity index (χ3n) is 2.88. The SMILES string of the molecule is NC(=O)[C@@H](N=Cc1ccccc1[N+](=O)[O-])c1ccccc1. The van der Waals surface area contributed by atoms with Crippen LogP contribution in [0.4, 0.5) is 5.69 Å². The topological polar surface area (TPSA) is 98.6 Å². The second kappa shape index (κ2) is 6.42. The second-order valence-corrected chi connectivity index (χ2v) is 4.31. The number of rotatable bonds is 5. The molecule has 0 aliphatic heterocycles. The summed E-state index contributed by atoms with van der Waals surface area (Å²) in [6.45, 7) is 0. The number of para-hydroxylation sites is 1. The van der Waals surface area contributed by atoms with Gasteiger partial charge in [-0.1, -0.05) is 42.5 Å². The van der Waals surface area contributed by atoms with E-state index in [0.717, 1.165) is 0 Å². The fourth-order valence-corrected chi connectivity index (χ4v) is 1.88. The van der Waals surface area contributed by atoms with Gasteiger partial charge in [0.15, 0.2) is 6.04 Å². The van der Waals surface area contributed by atoms with Crippen molar-refractivity contribution in [2.75, 3.05) is 0 Å². The van der Waals surface area contributed by atoms with E-state index in [1.807, 2.05) is 6.07 Å². The average molecular weight is 283 g/mol. The maximum atomic E-state index is 11.5. The molecule has 0 aliphatic rings. The quantitative estimate of drug-likeness (QED) is 0.517. The fraction of sp³-hybridized carbons (Fsp3) is 0.0667. The number of amides is 1. The lowest BCUT2D eigenvalue weighted by atomic mass is 10.1. The fourth-order valence-electron chi connectivity index (χ4n) is 1.88. The highest BCUT2D eigenvalue weighted by molar-refractivity contribution is 5.89. The monoisotopic (exact) mass is 283 g/mol. The summed E-state index contributed by atoms with van der Waals surface area (Å²) in [7, 11) is 0. The van der Waals surface area contributed by atoms with Crippen molar-refractivity contribution >= 4 is 17.8 Å². The molecule has 0 aromatic heterocycles. The van der Waals surface area contributed by atoms with Crippen LogP contribution in [0.2, 0.25) is 0 Å². The first-order valence-corrected chi connectivity index (χ1v) is 6.20. The molecule has 6 nitrogen and oxygen atoms in total. The molecule has 1 atom stereocenters. The van der Waals surface area contributed by atoms with Crippen molar-refractivity contribution in [3.05, 3.63) is 75.8 Å². The minimum Gasteiger partial charge on any atom is -0.368 e. The first-order chi connectivity index (χ1) is 10.1. The van der Waals surface area contributed by atoms with Gasteiger partial charge in [0.05, 0.1) is 10.5 Å². The summed E-state index contributed by atoms with van der Waals surface area (Å²) in [5.41, 5.74) is 6.23. The van der Waals surface area contributed by atoms with Crippen molar-refractivity contribution in [3.63, 3.8) is 0 Å². The lowest BCUT2D eigenvalue weighted by Crippen LogP contribution is -2.20. The lowest BCUT2D eigenvalue weighted by molar-refractivity contribution is -0.385. The number of carbonyl (C=O) groups excluding carboxylic acids is 1. The Labute approximate surface area is 121 Å². The van der Waals surface area contributed by atoms with Crippen molar-refractivity contribution in [1.82, 2.24) is 0 Å². The number of primary amides is 1. The van der Waals surface area contributed by atoms with Gasteiger partial charge in [-0.25, -0.2) is 0 Å². The van der Waals surface area contributed by atoms with Crippen LogP contribution in [0.3, 0.4) is 0 Å². The van der Waals surface area contributed by atoms with Crippen LogP contribution < -0.4 is 5.73 Å². The molecule has 0 aliphatic carbocycles. The summed E-state index contributed by atoms with van der Waals surface area (Å²) in [6, 6.07) is 14.1. The van der Waals surface area contributed by atoms with E-state index in [0.29, 0.717) is 11.1 Å². The van der Waals surface area contributed by atoms with E-state index in [2.05, 4.69) is 4.99 Å². The van der Waals surface area contributed by atoms with Gasteiger partial charge in [-0.15, -0.1) is 0 Å². The van der Waals surface area contributed by atoms with Crippen LogP contribution in [0.1, 0.15) is 17.2 Å². The summed E-state index contributed by atoms with van der Waals surface area (Å²) in [4.78, 5) is 26.0. The molecule has 21 heavy (non-hydrogen) atoms. The van der Waals surface area contributed by atoms with Crippen molar-refractivity contribution in [1.29, 1.82) is 0 Å². The summed E-state index contributed by atoms with van der Waals surface area (Å²) < 4.78 is 0. The predicted molar refractivity (Wildman–Crippen MR) is 79.1 cm³/mol. The van der Waals surface area contributed by atoms with Crippen LogP contribution in [0.25, 0.3) is 0 Å². The number of nitrogens with two attached hydrogens (primary N) is 1. The smallest absolute Gasteiger partial charge is 0.278 e. The highest BCUT2D eigenvalue weighted by Crippen LogP contribution is 2.19. The molecule has 2 N–H and O–H groups in total. The van der Waals surface area contributed by atoms with Gasteiger partial charge in [0, 0.05) is 12.3 Å². The molecule has 0 fully saturated rings. The molecular weight excluding hydrogens is 270 g/mol. The molecule has 0 radical (unpaired) electrons. The molecule has 0 bridgehead atoms. The van der Waals surface area contributed by atoms with Gasteiger partial charge in [0.2, 0.25) is 5.91 Å². The van der Waals surface area contributed by atoms with E-state index < -0.39 is 16.9 Å². The Balaban J connectivity index is 2.34. The van der Waals surface area contributed by atoms with Crippen LogP contribution in [0.5, 0.6) is 0 Å². The molecular formula is C15H13N3O3. The zero-order chi connectivity index (χ0) is 15.2. The van der Waals surface area contributed by atoms with Crippen molar-refractivity contribution < 1.29 is 9.72 Å². The number of nitrogens with zero attached hydrogens (tertiary/aromatic N) is 2. The van der Waals surface area contributed by atoms with Gasteiger partial charge in [-0.3, -0.25) is 19.9 Å². The molecule has 2 rings (SSSR count). The summed E-state index contributed by atoms with van der Waals surface area (Å²) in [5, 5.41) is 10.9. The number of nitro groups is 1. The average Bonchev–Trinajstić information content (AvgIpc) is 2.48. The normalized spacial score (nSPS) is 12.2. The van der Waals surface area contributed by atoms with Gasteiger partial charge in [-0.2, -0.15) is 0 Å². The third kappa shape index (κ3) is 3.50. The number of carbonyl (C=O) groups is 1. The van der Waals surface area contributed by atoms with Gasteiger partial charge >= 0.3 is 0 Å². The summed E-state index contributed by atoms with van der Waals surface area (Å²) in [5.74, 6) is -0.615. The minimum absolute atomic E-state index is 0.0717. The molecule has 0 heterocycles. The van der Waals surface area contributed by atoms with E-state index in [1.54, 1.807) is 42.5 Å². The Morgan fingerprint density at radius 3 is 2.38 bits per heavy atom. The molecule has 6 heteroatoms. The summed E-state index contributed by atoms with van der Waals surface area (Å²) >= 11 is 0. The standard InChI is InChI=1S/C15H13N3O3/c16-15(19)14(11-6-2-1-3-7-11)17-10-12-8-4-5-9-13(12)18(20)21/h1-10,14H,(H2,16,19)/t14-/m0/s1. The molecule has 0 saturated carbocycles. The molecule has 0 saturated heterocycles. The Kier molecular flexibility index (Phi) is 4.40. The second-order valence-electron chi connectivity index (χ2n) is 4.31. The number of benzene rings is 2. The third-order valence-corrected chi connectivity index (χ3v) is 2.88. The van der Waals surface area contributed by atoms with Crippen LogP contribution in [0, 0.1) is 10.1 Å². The molecule has 1 amide bonds. The van der Waals surface area contributed by atoms with Crippen molar-refractivity contribution in [2.45, 2.75) is 6.04 Å². The maximum Gasteiger partial charge on any atom is 0.278 e. The van der Waals surface area contributed by atoms with Gasteiger partial charge in [0.25, 0.3) is 5.69 Å². The Bertz CT molecular complexity index is 684. The highest BCUT2D eigenvalue weighted by atomic mass is 16.6. The predicted octanol–water partition coefficient (Wildman–Crippen LogP) is 2.24. The van der Waals surface area contributed by atoms with E-state index in [-0.39, 0.29) is 5.69 Å². The van der Waals surface area contributed by atoms with Crippen molar-refractivity contribution in [2.24, 2.45) is 10.7 Å². The van der Waals surface area contributed by atoms with Gasteiger partial charge < -0.3 is 5.73 Å². The van der Waals surface area contributed by atoms with Crippen LogP contribution in [-0.2, 0) is 4.79 Å². The number of aliphatic imine (C=N–C) groups is 1. The van der Waals surface area contributed by atoms with E-state index in [4.69, 9.17) is 5.73 Å². The Hall–Kier alpha value is -3.02. The maximum absolute atomic E-state index is 11.5. The zero-order valence-corrected chi connectivity index (χ0v) is 11.0. The Morgan fingerprint density at radius 1 is 1.14 bits per heavy atom. The van der Waals surface area contributed by atoms with E-state index >= 15 is 0 Å². The zero-order valence-electron chi connectivity index (χ0n) is 11.0. The molecule has 0 unspecified atom stereocenters. The number of nitro benzene ring substituents is 1. The van der Waals surface area contributed by atoms with E-state index in [9.17, 15) is 14.9 Å².